The van der Waals surface area contributed by atoms with Crippen LogP contribution in [0.1, 0.15) is 38.2 Å². The lowest BCUT2D eigenvalue weighted by Gasteiger charge is -2.45. The molecule has 1 aromatic heterocycles. The molecule has 30 heavy (non-hydrogen) atoms. The molecule has 3 saturated heterocycles. The molecule has 3 aliphatic heterocycles. The Balaban J connectivity index is 1.26. The van der Waals surface area contributed by atoms with E-state index >= 15 is 0 Å². The van der Waals surface area contributed by atoms with Crippen LogP contribution in [-0.2, 0) is 0 Å². The van der Waals surface area contributed by atoms with Crippen molar-refractivity contribution in [2.75, 3.05) is 50.7 Å². The zero-order valence-electron chi connectivity index (χ0n) is 18.1. The number of aromatic nitrogens is 1. The maximum atomic E-state index is 9.44. The molecule has 0 aliphatic carbocycles. The Hall–Kier alpha value is -2.16. The third-order valence-electron chi connectivity index (χ3n) is 8.05. The van der Waals surface area contributed by atoms with Crippen molar-refractivity contribution < 1.29 is 0 Å². The molecule has 0 radical (unpaired) electrons. The molecule has 158 valence electrons. The number of rotatable bonds is 3. The van der Waals surface area contributed by atoms with Crippen molar-refractivity contribution in [2.45, 2.75) is 32.6 Å². The topological polar surface area (TPSA) is 55.2 Å². The predicted molar refractivity (Wildman–Crippen MR) is 122 cm³/mol. The number of likely N-dealkylation sites (tertiary alicyclic amines) is 1. The van der Waals surface area contributed by atoms with Crippen molar-refractivity contribution in [1.29, 1.82) is 5.26 Å². The van der Waals surface area contributed by atoms with Crippen LogP contribution in [0.15, 0.2) is 30.5 Å². The molecular formula is C25H33N5. The van der Waals surface area contributed by atoms with Gasteiger partial charge in [0, 0.05) is 36.9 Å². The van der Waals surface area contributed by atoms with E-state index < -0.39 is 0 Å². The van der Waals surface area contributed by atoms with Crippen LogP contribution in [0.2, 0.25) is 0 Å². The molecule has 5 rings (SSSR count). The first kappa shape index (κ1) is 19.8. The molecule has 0 amide bonds. The standard InChI is InChI=1S/C25H33N5/c1-19-16-30(23-5-4-20(15-26)24-22(23)3-2-10-28-24)18-21(19)17-29-13-8-25(9-14-29)6-11-27-12-7-25/h2-5,10,19,21,27H,6-9,11-14,16-18H2,1H3/t19-,21?/m0/s1. The summed E-state index contributed by atoms with van der Waals surface area (Å²) in [6.07, 6.45) is 7.28. The fourth-order valence-electron chi connectivity index (χ4n) is 5.99. The van der Waals surface area contributed by atoms with Gasteiger partial charge in [-0.15, -0.1) is 0 Å². The normalized spacial score (nSPS) is 26.9. The molecule has 5 nitrogen and oxygen atoms in total. The number of benzene rings is 1. The number of anilines is 1. The summed E-state index contributed by atoms with van der Waals surface area (Å²) in [6, 6.07) is 10.4. The molecule has 3 fully saturated rings. The van der Waals surface area contributed by atoms with Crippen LogP contribution >= 0.6 is 0 Å². The van der Waals surface area contributed by atoms with E-state index in [-0.39, 0.29) is 0 Å². The number of hydrogen-bond acceptors (Lipinski definition) is 5. The highest BCUT2D eigenvalue weighted by Crippen LogP contribution is 2.40. The lowest BCUT2D eigenvalue weighted by molar-refractivity contribution is 0.0638. The van der Waals surface area contributed by atoms with E-state index in [2.05, 4.69) is 45.2 Å². The fourth-order valence-corrected chi connectivity index (χ4v) is 5.99. The van der Waals surface area contributed by atoms with Gasteiger partial charge in [0.15, 0.2) is 0 Å². The number of nitrogens with one attached hydrogen (secondary N) is 1. The first-order valence-electron chi connectivity index (χ1n) is 11.6. The van der Waals surface area contributed by atoms with Gasteiger partial charge in [-0.3, -0.25) is 4.98 Å². The Kier molecular flexibility index (Phi) is 5.39. The Morgan fingerprint density at radius 1 is 1.13 bits per heavy atom. The quantitative estimate of drug-likeness (QED) is 0.848. The van der Waals surface area contributed by atoms with Gasteiger partial charge in [-0.1, -0.05) is 6.92 Å². The summed E-state index contributed by atoms with van der Waals surface area (Å²) < 4.78 is 0. The Morgan fingerprint density at radius 3 is 2.70 bits per heavy atom. The number of nitrogens with zero attached hydrogens (tertiary/aromatic N) is 4. The average molecular weight is 404 g/mol. The minimum absolute atomic E-state index is 0.628. The van der Waals surface area contributed by atoms with Gasteiger partial charge in [-0.2, -0.15) is 5.26 Å². The number of piperidine rings is 2. The van der Waals surface area contributed by atoms with Crippen LogP contribution in [0.4, 0.5) is 5.69 Å². The fraction of sp³-hybridized carbons (Fsp3) is 0.600. The van der Waals surface area contributed by atoms with E-state index in [1.165, 1.54) is 64.1 Å². The first-order valence-corrected chi connectivity index (χ1v) is 11.6. The smallest absolute Gasteiger partial charge is 0.101 e. The summed E-state index contributed by atoms with van der Waals surface area (Å²) in [6.45, 7) is 10.8. The van der Waals surface area contributed by atoms with Crippen molar-refractivity contribution >= 4 is 16.6 Å². The molecule has 1 spiro atoms. The third-order valence-corrected chi connectivity index (χ3v) is 8.05. The lowest BCUT2D eigenvalue weighted by atomic mass is 9.71. The van der Waals surface area contributed by atoms with Crippen molar-refractivity contribution in [1.82, 2.24) is 15.2 Å². The summed E-state index contributed by atoms with van der Waals surface area (Å²) in [5.74, 6) is 1.39. The molecule has 0 saturated carbocycles. The second kappa shape index (κ2) is 8.17. The van der Waals surface area contributed by atoms with Crippen molar-refractivity contribution in [3.05, 3.63) is 36.0 Å². The van der Waals surface area contributed by atoms with E-state index in [0.717, 1.165) is 24.0 Å². The van der Waals surface area contributed by atoms with Crippen molar-refractivity contribution in [2.24, 2.45) is 17.3 Å². The highest BCUT2D eigenvalue weighted by Gasteiger charge is 2.37. The molecule has 1 unspecified atom stereocenters. The zero-order chi connectivity index (χ0) is 20.6. The van der Waals surface area contributed by atoms with Crippen molar-refractivity contribution in [3.63, 3.8) is 0 Å². The minimum atomic E-state index is 0.628. The van der Waals surface area contributed by atoms with E-state index in [9.17, 15) is 5.26 Å². The van der Waals surface area contributed by atoms with Gasteiger partial charge in [0.25, 0.3) is 0 Å². The van der Waals surface area contributed by atoms with E-state index in [1.54, 1.807) is 6.20 Å². The maximum Gasteiger partial charge on any atom is 0.101 e. The van der Waals surface area contributed by atoms with Crippen LogP contribution in [-0.4, -0.2) is 55.7 Å². The molecular weight excluding hydrogens is 370 g/mol. The Labute approximate surface area is 180 Å². The Morgan fingerprint density at radius 2 is 1.93 bits per heavy atom. The number of fused-ring (bicyclic) bond motifs is 1. The predicted octanol–water partition coefficient (Wildman–Crippen LogP) is 3.64. The Bertz CT molecular complexity index is 932. The van der Waals surface area contributed by atoms with E-state index in [4.69, 9.17) is 0 Å². The highest BCUT2D eigenvalue weighted by atomic mass is 15.2. The van der Waals surface area contributed by atoms with Gasteiger partial charge in [-0.25, -0.2) is 0 Å². The first-order chi connectivity index (χ1) is 14.7. The molecule has 4 heterocycles. The highest BCUT2D eigenvalue weighted by molar-refractivity contribution is 5.95. The molecule has 2 atom stereocenters. The van der Waals surface area contributed by atoms with Crippen LogP contribution < -0.4 is 10.2 Å². The maximum absolute atomic E-state index is 9.44. The van der Waals surface area contributed by atoms with Crippen LogP contribution in [0.3, 0.4) is 0 Å². The van der Waals surface area contributed by atoms with Gasteiger partial charge in [0.2, 0.25) is 0 Å². The number of pyridine rings is 1. The van der Waals surface area contributed by atoms with Gasteiger partial charge in [0.1, 0.15) is 6.07 Å². The minimum Gasteiger partial charge on any atom is -0.370 e. The number of nitriles is 1. The molecule has 1 N–H and O–H groups in total. The van der Waals surface area contributed by atoms with E-state index in [0.29, 0.717) is 22.8 Å². The average Bonchev–Trinajstić information content (AvgIpc) is 3.15. The van der Waals surface area contributed by atoms with Crippen LogP contribution in [0.5, 0.6) is 0 Å². The van der Waals surface area contributed by atoms with Gasteiger partial charge in [-0.05, 0) is 93.4 Å². The largest absolute Gasteiger partial charge is 0.370 e. The second-order valence-electron chi connectivity index (χ2n) is 9.84. The third kappa shape index (κ3) is 3.68. The van der Waals surface area contributed by atoms with E-state index in [1.807, 2.05) is 12.1 Å². The van der Waals surface area contributed by atoms with Gasteiger partial charge in [0.05, 0.1) is 11.1 Å². The second-order valence-corrected chi connectivity index (χ2v) is 9.84. The summed E-state index contributed by atoms with van der Waals surface area (Å²) in [5, 5.41) is 14.1. The monoisotopic (exact) mass is 403 g/mol. The van der Waals surface area contributed by atoms with Crippen LogP contribution in [0, 0.1) is 28.6 Å². The zero-order valence-corrected chi connectivity index (χ0v) is 18.1. The number of hydrogen-bond donors (Lipinski definition) is 1. The summed E-state index contributed by atoms with van der Waals surface area (Å²) in [5.41, 5.74) is 3.36. The molecule has 0 bridgehead atoms. The molecule has 5 heteroatoms. The van der Waals surface area contributed by atoms with Gasteiger partial charge >= 0.3 is 0 Å². The summed E-state index contributed by atoms with van der Waals surface area (Å²) in [4.78, 5) is 9.75. The molecule has 2 aromatic rings. The lowest BCUT2D eigenvalue weighted by Crippen LogP contribution is -2.47. The summed E-state index contributed by atoms with van der Waals surface area (Å²) >= 11 is 0. The molecule has 3 aliphatic rings. The SMILES string of the molecule is C[C@H]1CN(c2ccc(C#N)c3ncccc23)CC1CN1CCC2(CCNCC2)CC1. The van der Waals surface area contributed by atoms with Gasteiger partial charge < -0.3 is 15.1 Å². The van der Waals surface area contributed by atoms with Crippen molar-refractivity contribution in [3.8, 4) is 6.07 Å². The summed E-state index contributed by atoms with van der Waals surface area (Å²) in [7, 11) is 0. The van der Waals surface area contributed by atoms with Crippen LogP contribution in [0.25, 0.3) is 10.9 Å². The molecule has 1 aromatic carbocycles.